The number of aliphatic hydroxyl groups excluding tert-OH is 1. The summed E-state index contributed by atoms with van der Waals surface area (Å²) in [6.45, 7) is 0.184. The monoisotopic (exact) mass is 383 g/mol. The molecule has 8 heteroatoms. The number of nitrogens with zero attached hydrogens (tertiary/aromatic N) is 3. The summed E-state index contributed by atoms with van der Waals surface area (Å²) in [5, 5.41) is 19.0. The standard InChI is InChI=1S/C19H17N3O4S/c23-8-9-26-13-6-7-15-14(10-13)20-11-22(15)19-21-16(17(27-19)18(24)25)12-4-2-1-3-5-12/h1-7,10-11,14-15,23H,8-9H2,(H,24,25). The van der Waals surface area contributed by atoms with Gasteiger partial charge >= 0.3 is 5.97 Å². The number of anilines is 1. The maximum Gasteiger partial charge on any atom is 0.348 e. The zero-order valence-electron chi connectivity index (χ0n) is 14.2. The fourth-order valence-corrected chi connectivity index (χ4v) is 3.98. The Morgan fingerprint density at radius 1 is 1.30 bits per heavy atom. The molecule has 1 aliphatic carbocycles. The molecule has 0 spiro atoms. The third-order valence-electron chi connectivity index (χ3n) is 4.27. The van der Waals surface area contributed by atoms with Crippen LogP contribution in [0.5, 0.6) is 0 Å². The van der Waals surface area contributed by atoms with Gasteiger partial charge in [0.15, 0.2) is 5.13 Å². The largest absolute Gasteiger partial charge is 0.491 e. The number of aliphatic hydroxyl groups is 1. The van der Waals surface area contributed by atoms with Gasteiger partial charge in [0.05, 0.1) is 30.7 Å². The van der Waals surface area contributed by atoms with Gasteiger partial charge in [0, 0.05) is 5.56 Å². The Labute approximate surface area is 159 Å². The molecule has 0 bridgehead atoms. The van der Waals surface area contributed by atoms with Crippen LogP contribution in [0.3, 0.4) is 0 Å². The second kappa shape index (κ2) is 7.34. The molecule has 138 valence electrons. The average Bonchev–Trinajstić information content (AvgIpc) is 3.31. The molecule has 0 radical (unpaired) electrons. The molecule has 2 N–H and O–H groups in total. The van der Waals surface area contributed by atoms with Crippen molar-refractivity contribution >= 4 is 28.8 Å². The molecule has 2 unspecified atom stereocenters. The Kier molecular flexibility index (Phi) is 4.74. The van der Waals surface area contributed by atoms with Gasteiger partial charge in [0.25, 0.3) is 0 Å². The zero-order valence-corrected chi connectivity index (χ0v) is 15.0. The molecule has 0 fully saturated rings. The van der Waals surface area contributed by atoms with Crippen molar-refractivity contribution in [3.63, 3.8) is 0 Å². The zero-order chi connectivity index (χ0) is 18.8. The summed E-state index contributed by atoms with van der Waals surface area (Å²) in [7, 11) is 0. The van der Waals surface area contributed by atoms with Gasteiger partial charge in [-0.05, 0) is 12.2 Å². The van der Waals surface area contributed by atoms with Crippen LogP contribution < -0.4 is 4.90 Å². The lowest BCUT2D eigenvalue weighted by atomic mass is 10.0. The van der Waals surface area contributed by atoms with Crippen molar-refractivity contribution in [1.82, 2.24) is 4.98 Å². The Hall–Kier alpha value is -2.97. The van der Waals surface area contributed by atoms with E-state index in [-0.39, 0.29) is 30.2 Å². The SMILES string of the molecule is O=C(O)c1sc(N2C=NC3C=C(OCCO)C=CC32)nc1-c1ccccc1. The maximum atomic E-state index is 11.7. The number of carboxylic acids is 1. The highest BCUT2D eigenvalue weighted by atomic mass is 32.1. The minimum absolute atomic E-state index is 0.0476. The molecule has 1 aliphatic heterocycles. The van der Waals surface area contributed by atoms with Gasteiger partial charge in [-0.1, -0.05) is 47.7 Å². The molecular weight excluding hydrogens is 366 g/mol. The summed E-state index contributed by atoms with van der Waals surface area (Å²) in [5.74, 6) is -0.330. The Morgan fingerprint density at radius 3 is 2.85 bits per heavy atom. The predicted octanol–water partition coefficient (Wildman–Crippen LogP) is 2.56. The summed E-state index contributed by atoms with van der Waals surface area (Å²) < 4.78 is 5.43. The minimum Gasteiger partial charge on any atom is -0.491 e. The lowest BCUT2D eigenvalue weighted by Gasteiger charge is -2.24. The second-order valence-corrected chi connectivity index (χ2v) is 6.98. The Morgan fingerprint density at radius 2 is 2.11 bits per heavy atom. The lowest BCUT2D eigenvalue weighted by Crippen LogP contribution is -2.35. The number of ether oxygens (including phenoxy) is 1. The van der Waals surface area contributed by atoms with Crippen LogP contribution in [0, 0.1) is 0 Å². The maximum absolute atomic E-state index is 11.7. The number of rotatable bonds is 6. The number of allylic oxidation sites excluding steroid dienone is 1. The van der Waals surface area contributed by atoms with Gasteiger partial charge < -0.3 is 14.9 Å². The molecule has 2 heterocycles. The summed E-state index contributed by atoms with van der Waals surface area (Å²) in [6, 6.07) is 9.07. The normalized spacial score (nSPS) is 20.5. The number of carbonyl (C=O) groups is 1. The molecule has 1 aromatic carbocycles. The first-order valence-corrected chi connectivity index (χ1v) is 9.24. The van der Waals surface area contributed by atoms with E-state index in [1.807, 2.05) is 53.5 Å². The number of thiazole rings is 1. The topological polar surface area (TPSA) is 95.2 Å². The second-order valence-electron chi connectivity index (χ2n) is 6.00. The van der Waals surface area contributed by atoms with E-state index in [2.05, 4.69) is 9.98 Å². The summed E-state index contributed by atoms with van der Waals surface area (Å²) >= 11 is 1.14. The van der Waals surface area contributed by atoms with E-state index in [4.69, 9.17) is 9.84 Å². The van der Waals surface area contributed by atoms with E-state index in [1.165, 1.54) is 0 Å². The first-order valence-electron chi connectivity index (χ1n) is 8.42. The van der Waals surface area contributed by atoms with Crippen molar-refractivity contribution in [2.75, 3.05) is 18.1 Å². The molecule has 0 amide bonds. The van der Waals surface area contributed by atoms with E-state index in [9.17, 15) is 9.90 Å². The summed E-state index contributed by atoms with van der Waals surface area (Å²) in [4.78, 5) is 22.9. The molecular formula is C19H17N3O4S. The number of fused-ring (bicyclic) bond motifs is 1. The number of aromatic nitrogens is 1. The van der Waals surface area contributed by atoms with E-state index < -0.39 is 5.97 Å². The number of carboxylic acid groups (broad SMARTS) is 1. The van der Waals surface area contributed by atoms with Gasteiger partial charge in [0.1, 0.15) is 17.2 Å². The van der Waals surface area contributed by atoms with Crippen LogP contribution in [0.25, 0.3) is 11.3 Å². The summed E-state index contributed by atoms with van der Waals surface area (Å²) in [5.41, 5.74) is 1.23. The van der Waals surface area contributed by atoms with E-state index in [0.29, 0.717) is 16.6 Å². The molecule has 7 nitrogen and oxygen atoms in total. The molecule has 2 aliphatic rings. The van der Waals surface area contributed by atoms with E-state index in [1.54, 1.807) is 6.34 Å². The third kappa shape index (κ3) is 3.36. The van der Waals surface area contributed by atoms with Crippen LogP contribution in [0.4, 0.5) is 5.13 Å². The minimum atomic E-state index is -0.996. The lowest BCUT2D eigenvalue weighted by molar-refractivity contribution is 0.0702. The van der Waals surface area contributed by atoms with E-state index in [0.717, 1.165) is 16.9 Å². The molecule has 0 saturated carbocycles. The van der Waals surface area contributed by atoms with Gasteiger partial charge in [-0.15, -0.1) is 0 Å². The Balaban J connectivity index is 1.62. The van der Waals surface area contributed by atoms with Crippen molar-refractivity contribution in [2.45, 2.75) is 12.1 Å². The molecule has 2 atom stereocenters. The van der Waals surface area contributed by atoms with Crippen molar-refractivity contribution in [3.8, 4) is 11.3 Å². The van der Waals surface area contributed by atoms with Crippen molar-refractivity contribution < 1.29 is 19.7 Å². The smallest absolute Gasteiger partial charge is 0.348 e. The van der Waals surface area contributed by atoms with Gasteiger partial charge in [-0.25, -0.2) is 9.78 Å². The van der Waals surface area contributed by atoms with Crippen LogP contribution in [0.15, 0.2) is 59.3 Å². The first-order chi connectivity index (χ1) is 13.2. The molecule has 4 rings (SSSR count). The van der Waals surface area contributed by atoms with Crippen LogP contribution >= 0.6 is 11.3 Å². The van der Waals surface area contributed by atoms with Gasteiger partial charge in [-0.2, -0.15) is 0 Å². The molecule has 27 heavy (non-hydrogen) atoms. The van der Waals surface area contributed by atoms with Crippen molar-refractivity contribution in [3.05, 3.63) is 59.2 Å². The highest BCUT2D eigenvalue weighted by Gasteiger charge is 2.34. The highest BCUT2D eigenvalue weighted by Crippen LogP contribution is 2.36. The predicted molar refractivity (Wildman–Crippen MR) is 103 cm³/mol. The van der Waals surface area contributed by atoms with Gasteiger partial charge in [-0.3, -0.25) is 9.89 Å². The van der Waals surface area contributed by atoms with Crippen LogP contribution in [0.2, 0.25) is 0 Å². The van der Waals surface area contributed by atoms with Crippen LogP contribution in [-0.4, -0.2) is 52.8 Å². The van der Waals surface area contributed by atoms with Crippen molar-refractivity contribution in [2.24, 2.45) is 4.99 Å². The number of benzene rings is 1. The molecule has 2 aromatic rings. The fourth-order valence-electron chi connectivity index (χ4n) is 3.04. The highest BCUT2D eigenvalue weighted by molar-refractivity contribution is 7.18. The number of aliphatic imine (C=N–C) groups is 1. The van der Waals surface area contributed by atoms with Crippen LogP contribution in [-0.2, 0) is 4.74 Å². The Bertz CT molecular complexity index is 936. The average molecular weight is 383 g/mol. The number of aromatic carboxylic acids is 1. The van der Waals surface area contributed by atoms with Crippen molar-refractivity contribution in [1.29, 1.82) is 0 Å². The third-order valence-corrected chi connectivity index (χ3v) is 5.32. The number of hydrogen-bond acceptors (Lipinski definition) is 7. The number of hydrogen-bond donors (Lipinski definition) is 2. The van der Waals surface area contributed by atoms with Gasteiger partial charge in [0.2, 0.25) is 0 Å². The van der Waals surface area contributed by atoms with E-state index >= 15 is 0 Å². The molecule has 1 aromatic heterocycles. The summed E-state index contributed by atoms with van der Waals surface area (Å²) in [6.07, 6.45) is 7.36. The molecule has 0 saturated heterocycles. The quantitative estimate of drug-likeness (QED) is 0.796. The fraction of sp³-hybridized carbons (Fsp3) is 0.211. The first kappa shape index (κ1) is 17.4. The van der Waals surface area contributed by atoms with Crippen LogP contribution in [0.1, 0.15) is 9.67 Å².